The highest BCUT2D eigenvalue weighted by molar-refractivity contribution is 5.96. The van der Waals surface area contributed by atoms with Crippen LogP contribution >= 0.6 is 0 Å². The van der Waals surface area contributed by atoms with E-state index in [9.17, 15) is 4.79 Å². The molecule has 0 N–H and O–H groups in total. The van der Waals surface area contributed by atoms with Crippen molar-refractivity contribution in [1.82, 2.24) is 14.7 Å². The lowest BCUT2D eigenvalue weighted by molar-refractivity contribution is 0.0733. The highest BCUT2D eigenvalue weighted by Crippen LogP contribution is 2.39. The van der Waals surface area contributed by atoms with E-state index in [4.69, 9.17) is 19.3 Å². The molecule has 30 heavy (non-hydrogen) atoms. The van der Waals surface area contributed by atoms with Crippen LogP contribution in [0.25, 0.3) is 11.3 Å². The maximum absolute atomic E-state index is 13.3. The van der Waals surface area contributed by atoms with E-state index in [1.807, 2.05) is 47.0 Å². The molecular weight excluding hydrogens is 382 g/mol. The fourth-order valence-corrected chi connectivity index (χ4v) is 3.98. The SMILES string of the molecule is COc1cc(C(=O)N2CCc3c(c(-c4ccccc4)nn3C)C2)cc(OC)c1OC. The number of methoxy groups -OCH3 is 3. The van der Waals surface area contributed by atoms with Crippen molar-refractivity contribution in [1.29, 1.82) is 0 Å². The van der Waals surface area contributed by atoms with Gasteiger partial charge in [0.2, 0.25) is 5.75 Å². The third-order valence-electron chi connectivity index (χ3n) is 5.49. The normalized spacial score (nSPS) is 13.0. The van der Waals surface area contributed by atoms with Crippen LogP contribution in [0.1, 0.15) is 21.6 Å². The second kappa shape index (κ2) is 8.10. The van der Waals surface area contributed by atoms with E-state index in [2.05, 4.69) is 0 Å². The molecule has 7 heteroatoms. The molecule has 0 saturated carbocycles. The van der Waals surface area contributed by atoms with Gasteiger partial charge in [-0.2, -0.15) is 5.10 Å². The third-order valence-corrected chi connectivity index (χ3v) is 5.49. The molecule has 2 heterocycles. The summed E-state index contributed by atoms with van der Waals surface area (Å²) in [6.45, 7) is 1.12. The van der Waals surface area contributed by atoms with Crippen LogP contribution in [-0.2, 0) is 20.0 Å². The Bertz CT molecular complexity index is 1050. The summed E-state index contributed by atoms with van der Waals surface area (Å²) < 4.78 is 18.1. The molecule has 3 aromatic rings. The molecule has 156 valence electrons. The second-order valence-electron chi connectivity index (χ2n) is 7.15. The van der Waals surface area contributed by atoms with Gasteiger partial charge in [0, 0.05) is 48.9 Å². The Kier molecular flexibility index (Phi) is 5.35. The molecule has 1 aliphatic rings. The number of ether oxygens (including phenoxy) is 3. The summed E-state index contributed by atoms with van der Waals surface area (Å²) in [5.74, 6) is 1.31. The molecule has 0 aliphatic carbocycles. The number of carbonyl (C=O) groups excluding carboxylic acids is 1. The summed E-state index contributed by atoms with van der Waals surface area (Å²) >= 11 is 0. The van der Waals surface area contributed by atoms with Gasteiger partial charge in [-0.15, -0.1) is 0 Å². The van der Waals surface area contributed by atoms with Gasteiger partial charge in [-0.25, -0.2) is 0 Å². The van der Waals surface area contributed by atoms with Gasteiger partial charge in [0.15, 0.2) is 11.5 Å². The van der Waals surface area contributed by atoms with Crippen molar-refractivity contribution < 1.29 is 19.0 Å². The van der Waals surface area contributed by atoms with Gasteiger partial charge < -0.3 is 19.1 Å². The van der Waals surface area contributed by atoms with Gasteiger partial charge in [0.1, 0.15) is 0 Å². The van der Waals surface area contributed by atoms with Gasteiger partial charge in [-0.05, 0) is 12.1 Å². The van der Waals surface area contributed by atoms with Crippen molar-refractivity contribution in [3.05, 3.63) is 59.3 Å². The standard InChI is InChI=1S/C23H25N3O4/c1-25-18-10-11-26(14-17(18)21(24-25)15-8-6-5-7-9-15)23(27)16-12-19(28-2)22(30-4)20(13-16)29-3/h5-9,12-13H,10-11,14H2,1-4H3. The van der Waals surface area contributed by atoms with Crippen LogP contribution in [-0.4, -0.2) is 48.5 Å². The molecule has 0 radical (unpaired) electrons. The fourth-order valence-electron chi connectivity index (χ4n) is 3.98. The number of fused-ring (bicyclic) bond motifs is 1. The van der Waals surface area contributed by atoms with E-state index in [1.54, 1.807) is 33.5 Å². The number of hydrogen-bond acceptors (Lipinski definition) is 5. The number of aromatic nitrogens is 2. The molecule has 0 unspecified atom stereocenters. The van der Waals surface area contributed by atoms with Crippen molar-refractivity contribution >= 4 is 5.91 Å². The van der Waals surface area contributed by atoms with Crippen LogP contribution in [0, 0.1) is 0 Å². The fraction of sp³-hybridized carbons (Fsp3) is 0.304. The van der Waals surface area contributed by atoms with Gasteiger partial charge in [0.25, 0.3) is 5.91 Å². The summed E-state index contributed by atoms with van der Waals surface area (Å²) in [6, 6.07) is 13.5. The van der Waals surface area contributed by atoms with E-state index >= 15 is 0 Å². The molecular formula is C23H25N3O4. The van der Waals surface area contributed by atoms with Crippen LogP contribution < -0.4 is 14.2 Å². The highest BCUT2D eigenvalue weighted by Gasteiger charge is 2.29. The quantitative estimate of drug-likeness (QED) is 0.649. The van der Waals surface area contributed by atoms with E-state index in [-0.39, 0.29) is 5.91 Å². The molecule has 2 aromatic carbocycles. The first-order valence-corrected chi connectivity index (χ1v) is 9.76. The Balaban J connectivity index is 1.68. The highest BCUT2D eigenvalue weighted by atomic mass is 16.5. The second-order valence-corrected chi connectivity index (χ2v) is 7.15. The number of rotatable bonds is 5. The number of amides is 1. The smallest absolute Gasteiger partial charge is 0.254 e. The van der Waals surface area contributed by atoms with Crippen molar-refractivity contribution in [2.24, 2.45) is 7.05 Å². The van der Waals surface area contributed by atoms with Crippen LogP contribution in [0.2, 0.25) is 0 Å². The Morgan fingerprint density at radius 3 is 2.27 bits per heavy atom. The first kappa shape index (κ1) is 19.8. The summed E-state index contributed by atoms with van der Waals surface area (Å²) in [4.78, 5) is 15.2. The molecule has 0 saturated heterocycles. The third kappa shape index (κ3) is 3.36. The summed E-state index contributed by atoms with van der Waals surface area (Å²) in [6.07, 6.45) is 0.752. The van der Waals surface area contributed by atoms with Gasteiger partial charge >= 0.3 is 0 Å². The molecule has 0 spiro atoms. The average molecular weight is 407 g/mol. The molecule has 7 nitrogen and oxygen atoms in total. The molecule has 0 atom stereocenters. The molecule has 1 aromatic heterocycles. The van der Waals surface area contributed by atoms with E-state index in [0.29, 0.717) is 35.9 Å². The van der Waals surface area contributed by atoms with Crippen LogP contribution in [0.5, 0.6) is 17.2 Å². The van der Waals surface area contributed by atoms with Crippen LogP contribution in [0.15, 0.2) is 42.5 Å². The van der Waals surface area contributed by atoms with E-state index in [1.165, 1.54) is 5.69 Å². The van der Waals surface area contributed by atoms with E-state index < -0.39 is 0 Å². The molecule has 1 aliphatic heterocycles. The van der Waals surface area contributed by atoms with Crippen LogP contribution in [0.4, 0.5) is 0 Å². The average Bonchev–Trinajstić information content (AvgIpc) is 3.13. The monoisotopic (exact) mass is 407 g/mol. The van der Waals surface area contributed by atoms with Crippen molar-refractivity contribution in [3.63, 3.8) is 0 Å². The first-order valence-electron chi connectivity index (χ1n) is 9.76. The van der Waals surface area contributed by atoms with Gasteiger partial charge in [-0.1, -0.05) is 30.3 Å². The predicted molar refractivity (Wildman–Crippen MR) is 113 cm³/mol. The number of hydrogen-bond donors (Lipinski definition) is 0. The number of aryl methyl sites for hydroxylation is 1. The topological polar surface area (TPSA) is 65.8 Å². The molecule has 0 fully saturated rings. The molecule has 1 amide bonds. The minimum atomic E-state index is -0.0808. The lowest BCUT2D eigenvalue weighted by atomic mass is 10.00. The van der Waals surface area contributed by atoms with E-state index in [0.717, 1.165) is 23.2 Å². The Labute approximate surface area is 175 Å². The Morgan fingerprint density at radius 2 is 1.67 bits per heavy atom. The Hall–Kier alpha value is -3.48. The number of nitrogens with zero attached hydrogens (tertiary/aromatic N) is 3. The number of benzene rings is 2. The molecule has 4 rings (SSSR count). The zero-order chi connectivity index (χ0) is 21.3. The van der Waals surface area contributed by atoms with Crippen LogP contribution in [0.3, 0.4) is 0 Å². The minimum absolute atomic E-state index is 0.0808. The maximum atomic E-state index is 13.3. The van der Waals surface area contributed by atoms with Crippen molar-refractivity contribution in [3.8, 4) is 28.5 Å². The van der Waals surface area contributed by atoms with Gasteiger partial charge in [-0.3, -0.25) is 9.48 Å². The van der Waals surface area contributed by atoms with Crippen molar-refractivity contribution in [2.75, 3.05) is 27.9 Å². The first-order chi connectivity index (χ1) is 14.6. The molecule has 0 bridgehead atoms. The number of carbonyl (C=O) groups is 1. The zero-order valence-corrected chi connectivity index (χ0v) is 17.6. The lowest BCUT2D eigenvalue weighted by Crippen LogP contribution is -2.36. The Morgan fingerprint density at radius 1 is 1.00 bits per heavy atom. The summed E-state index contributed by atoms with van der Waals surface area (Å²) in [7, 11) is 6.59. The summed E-state index contributed by atoms with van der Waals surface area (Å²) in [5.41, 5.74) is 4.74. The minimum Gasteiger partial charge on any atom is -0.493 e. The van der Waals surface area contributed by atoms with Gasteiger partial charge in [0.05, 0.1) is 27.0 Å². The predicted octanol–water partition coefficient (Wildman–Crippen LogP) is 3.31. The van der Waals surface area contributed by atoms with Crippen molar-refractivity contribution in [2.45, 2.75) is 13.0 Å². The lowest BCUT2D eigenvalue weighted by Gasteiger charge is -2.28. The zero-order valence-electron chi connectivity index (χ0n) is 17.6. The maximum Gasteiger partial charge on any atom is 0.254 e. The summed E-state index contributed by atoms with van der Waals surface area (Å²) in [5, 5.41) is 4.73. The largest absolute Gasteiger partial charge is 0.493 e.